The van der Waals surface area contributed by atoms with E-state index >= 15 is 0 Å². The smallest absolute Gasteiger partial charge is 0.254 e. The van der Waals surface area contributed by atoms with Crippen molar-refractivity contribution in [1.82, 2.24) is 5.32 Å². The maximum absolute atomic E-state index is 12.1. The molecule has 4 heteroatoms. The van der Waals surface area contributed by atoms with E-state index in [0.717, 1.165) is 37.4 Å². The van der Waals surface area contributed by atoms with Gasteiger partial charge in [-0.15, -0.1) is 0 Å². The van der Waals surface area contributed by atoms with Gasteiger partial charge in [0.1, 0.15) is 11.5 Å². The van der Waals surface area contributed by atoms with Crippen molar-refractivity contribution in [3.8, 4) is 0 Å². The van der Waals surface area contributed by atoms with Crippen molar-refractivity contribution in [1.29, 1.82) is 0 Å². The van der Waals surface area contributed by atoms with Gasteiger partial charge in [-0.25, -0.2) is 0 Å². The lowest BCUT2D eigenvalue weighted by atomic mass is 9.78. The van der Waals surface area contributed by atoms with Crippen LogP contribution in [0.25, 0.3) is 0 Å². The first-order chi connectivity index (χ1) is 9.43. The van der Waals surface area contributed by atoms with E-state index in [4.69, 9.17) is 4.42 Å². The zero-order valence-electron chi connectivity index (χ0n) is 12.7. The second-order valence-electron chi connectivity index (χ2n) is 6.09. The van der Waals surface area contributed by atoms with E-state index in [1.807, 2.05) is 6.92 Å². The largest absolute Gasteiger partial charge is 0.466 e. The molecule has 4 nitrogen and oxygen atoms in total. The summed E-state index contributed by atoms with van der Waals surface area (Å²) in [4.78, 5) is 12.1. The number of carbonyl (C=O) groups excluding carboxylic acids is 1. The van der Waals surface area contributed by atoms with Crippen LogP contribution in [-0.2, 0) is 0 Å². The number of carbonyl (C=O) groups is 1. The third kappa shape index (κ3) is 3.42. The SMILES string of the molecule is CCC1CCC(O)(CNC(=O)c2cc(C)oc2C)CC1. The predicted molar refractivity (Wildman–Crippen MR) is 77.7 cm³/mol. The van der Waals surface area contributed by atoms with Crippen LogP contribution in [0.4, 0.5) is 0 Å². The molecule has 0 bridgehead atoms. The lowest BCUT2D eigenvalue weighted by molar-refractivity contribution is -0.00788. The third-order valence-electron chi connectivity index (χ3n) is 4.48. The quantitative estimate of drug-likeness (QED) is 0.890. The minimum absolute atomic E-state index is 0.162. The molecular weight excluding hydrogens is 254 g/mol. The van der Waals surface area contributed by atoms with Crippen LogP contribution in [-0.4, -0.2) is 23.2 Å². The average Bonchev–Trinajstić information content (AvgIpc) is 2.76. The molecule has 0 aromatic carbocycles. The van der Waals surface area contributed by atoms with Crippen LogP contribution in [0.2, 0.25) is 0 Å². The molecule has 0 aliphatic heterocycles. The Kier molecular flexibility index (Phi) is 4.53. The van der Waals surface area contributed by atoms with E-state index < -0.39 is 5.60 Å². The maximum atomic E-state index is 12.1. The summed E-state index contributed by atoms with van der Waals surface area (Å²) in [5.74, 6) is 1.92. The van der Waals surface area contributed by atoms with Crippen molar-refractivity contribution in [3.05, 3.63) is 23.2 Å². The Morgan fingerprint density at radius 3 is 2.60 bits per heavy atom. The molecule has 1 aliphatic rings. The topological polar surface area (TPSA) is 62.5 Å². The van der Waals surface area contributed by atoms with E-state index in [2.05, 4.69) is 12.2 Å². The lowest BCUT2D eigenvalue weighted by Gasteiger charge is -2.35. The summed E-state index contributed by atoms with van der Waals surface area (Å²) in [5.41, 5.74) is -0.179. The molecule has 0 spiro atoms. The maximum Gasteiger partial charge on any atom is 0.254 e. The number of aryl methyl sites for hydroxylation is 2. The molecule has 1 heterocycles. The normalized spacial score (nSPS) is 26.5. The standard InChI is InChI=1S/C16H25NO3/c1-4-13-5-7-16(19,8-6-13)10-17-15(18)14-9-11(2)20-12(14)3/h9,13,19H,4-8,10H2,1-3H3,(H,17,18). The fraction of sp³-hybridized carbons (Fsp3) is 0.688. The molecule has 1 saturated carbocycles. The van der Waals surface area contributed by atoms with Crippen molar-refractivity contribution < 1.29 is 14.3 Å². The van der Waals surface area contributed by atoms with E-state index in [1.165, 1.54) is 6.42 Å². The molecule has 20 heavy (non-hydrogen) atoms. The van der Waals surface area contributed by atoms with Crippen LogP contribution in [0.5, 0.6) is 0 Å². The second-order valence-corrected chi connectivity index (χ2v) is 6.09. The van der Waals surface area contributed by atoms with Gasteiger partial charge in [0.25, 0.3) is 5.91 Å². The van der Waals surface area contributed by atoms with Crippen molar-refractivity contribution in [2.45, 2.75) is 58.5 Å². The van der Waals surface area contributed by atoms with Gasteiger partial charge in [0.05, 0.1) is 11.2 Å². The highest BCUT2D eigenvalue weighted by molar-refractivity contribution is 5.95. The molecule has 1 aromatic heterocycles. The van der Waals surface area contributed by atoms with Crippen LogP contribution in [0, 0.1) is 19.8 Å². The molecule has 1 aliphatic carbocycles. The van der Waals surface area contributed by atoms with Gasteiger partial charge in [0, 0.05) is 6.54 Å². The Bertz CT molecular complexity index is 470. The Hall–Kier alpha value is -1.29. The highest BCUT2D eigenvalue weighted by atomic mass is 16.3. The average molecular weight is 279 g/mol. The summed E-state index contributed by atoms with van der Waals surface area (Å²) >= 11 is 0. The molecule has 112 valence electrons. The molecule has 1 fully saturated rings. The summed E-state index contributed by atoms with van der Waals surface area (Å²) in [7, 11) is 0. The summed E-state index contributed by atoms with van der Waals surface area (Å²) in [6, 6.07) is 1.74. The molecule has 0 atom stereocenters. The molecule has 2 rings (SSSR count). The third-order valence-corrected chi connectivity index (χ3v) is 4.48. The number of hydrogen-bond acceptors (Lipinski definition) is 3. The fourth-order valence-corrected chi connectivity index (χ4v) is 3.00. The van der Waals surface area contributed by atoms with Gasteiger partial charge >= 0.3 is 0 Å². The number of aliphatic hydroxyl groups is 1. The molecule has 1 aromatic rings. The number of rotatable bonds is 4. The van der Waals surface area contributed by atoms with Crippen LogP contribution in [0.3, 0.4) is 0 Å². The molecule has 0 unspecified atom stereocenters. The summed E-state index contributed by atoms with van der Waals surface area (Å²) in [5, 5.41) is 13.4. The van der Waals surface area contributed by atoms with Gasteiger partial charge < -0.3 is 14.8 Å². The van der Waals surface area contributed by atoms with Gasteiger partial charge in [0.2, 0.25) is 0 Å². The molecule has 2 N–H and O–H groups in total. The molecular formula is C16H25NO3. The molecule has 0 radical (unpaired) electrons. The first kappa shape index (κ1) is 15.1. The number of amides is 1. The monoisotopic (exact) mass is 279 g/mol. The molecule has 0 saturated heterocycles. The first-order valence-corrected chi connectivity index (χ1v) is 7.51. The van der Waals surface area contributed by atoms with Crippen molar-refractivity contribution >= 4 is 5.91 Å². The zero-order chi connectivity index (χ0) is 14.8. The van der Waals surface area contributed by atoms with E-state index in [9.17, 15) is 9.90 Å². The van der Waals surface area contributed by atoms with Crippen molar-refractivity contribution in [2.75, 3.05) is 6.54 Å². The van der Waals surface area contributed by atoms with Crippen LogP contribution < -0.4 is 5.32 Å². The molecule has 1 amide bonds. The number of furan rings is 1. The van der Waals surface area contributed by atoms with Gasteiger partial charge in [-0.3, -0.25) is 4.79 Å². The second kappa shape index (κ2) is 6.00. The first-order valence-electron chi connectivity index (χ1n) is 7.51. The number of nitrogens with one attached hydrogen (secondary N) is 1. The van der Waals surface area contributed by atoms with Crippen molar-refractivity contribution in [2.24, 2.45) is 5.92 Å². The van der Waals surface area contributed by atoms with Gasteiger partial charge in [-0.2, -0.15) is 0 Å². The number of hydrogen-bond donors (Lipinski definition) is 2. The summed E-state index contributed by atoms with van der Waals surface area (Å²) in [6.45, 7) is 6.12. The zero-order valence-corrected chi connectivity index (χ0v) is 12.7. The highest BCUT2D eigenvalue weighted by Gasteiger charge is 2.33. The van der Waals surface area contributed by atoms with Crippen LogP contribution in [0.15, 0.2) is 10.5 Å². The summed E-state index contributed by atoms with van der Waals surface area (Å²) < 4.78 is 5.36. The predicted octanol–water partition coefficient (Wildman–Crippen LogP) is 2.96. The lowest BCUT2D eigenvalue weighted by Crippen LogP contribution is -2.45. The van der Waals surface area contributed by atoms with E-state index in [-0.39, 0.29) is 5.91 Å². The van der Waals surface area contributed by atoms with Crippen molar-refractivity contribution in [3.63, 3.8) is 0 Å². The van der Waals surface area contributed by atoms with Gasteiger partial charge in [-0.05, 0) is 51.5 Å². The Balaban J connectivity index is 1.89. The highest BCUT2D eigenvalue weighted by Crippen LogP contribution is 2.33. The minimum Gasteiger partial charge on any atom is -0.466 e. The van der Waals surface area contributed by atoms with E-state index in [1.54, 1.807) is 13.0 Å². The van der Waals surface area contributed by atoms with Crippen LogP contribution >= 0.6 is 0 Å². The van der Waals surface area contributed by atoms with Gasteiger partial charge in [0.15, 0.2) is 0 Å². The Labute approximate surface area is 120 Å². The van der Waals surface area contributed by atoms with Crippen LogP contribution in [0.1, 0.15) is 60.9 Å². The van der Waals surface area contributed by atoms with Gasteiger partial charge in [-0.1, -0.05) is 13.3 Å². The Morgan fingerprint density at radius 2 is 2.10 bits per heavy atom. The van der Waals surface area contributed by atoms with E-state index in [0.29, 0.717) is 17.9 Å². The summed E-state index contributed by atoms with van der Waals surface area (Å²) in [6.07, 6.45) is 4.82. The Morgan fingerprint density at radius 1 is 1.45 bits per heavy atom. The minimum atomic E-state index is -0.742. The fourth-order valence-electron chi connectivity index (χ4n) is 3.00.